The lowest BCUT2D eigenvalue weighted by Crippen LogP contribution is -2.29. The summed E-state index contributed by atoms with van der Waals surface area (Å²) in [5.41, 5.74) is 5.55. The summed E-state index contributed by atoms with van der Waals surface area (Å²) in [5, 5.41) is 7.31. The predicted molar refractivity (Wildman–Crippen MR) is 111 cm³/mol. The van der Waals surface area contributed by atoms with Crippen molar-refractivity contribution < 1.29 is 9.53 Å². The maximum Gasteiger partial charge on any atom is 0.311 e. The normalized spacial score (nSPS) is 14.5. The molecule has 0 saturated carbocycles. The van der Waals surface area contributed by atoms with E-state index in [4.69, 9.17) is 16.3 Å². The van der Waals surface area contributed by atoms with Crippen molar-refractivity contribution in [1.82, 2.24) is 4.98 Å². The molecule has 0 amide bonds. The average Bonchev–Trinajstić information content (AvgIpc) is 3.11. The molecule has 1 aromatic heterocycles. The second-order valence-electron chi connectivity index (χ2n) is 6.25. The number of halogens is 1. The second kappa shape index (κ2) is 9.71. The van der Waals surface area contributed by atoms with Gasteiger partial charge in [-0.3, -0.25) is 10.2 Å². The van der Waals surface area contributed by atoms with E-state index in [1.54, 1.807) is 13.1 Å². The fourth-order valence-corrected chi connectivity index (χ4v) is 3.81. The molecule has 0 unspecified atom stereocenters. The Labute approximate surface area is 168 Å². The summed E-state index contributed by atoms with van der Waals surface area (Å²) in [6, 6.07) is 6.06. The molecule has 27 heavy (non-hydrogen) atoms. The quantitative estimate of drug-likeness (QED) is 0.421. The van der Waals surface area contributed by atoms with Crippen molar-refractivity contribution in [3.8, 4) is 0 Å². The molecule has 144 valence electrons. The summed E-state index contributed by atoms with van der Waals surface area (Å²) in [6.07, 6.45) is 5.61. The van der Waals surface area contributed by atoms with Crippen molar-refractivity contribution in [3.05, 3.63) is 39.9 Å². The van der Waals surface area contributed by atoms with E-state index in [2.05, 4.69) is 26.5 Å². The maximum absolute atomic E-state index is 11.5. The number of hydrazone groups is 1. The van der Waals surface area contributed by atoms with Crippen molar-refractivity contribution >= 4 is 45.9 Å². The number of rotatable bonds is 7. The molecule has 1 fully saturated rings. The molecular formula is C19H23ClN4O2S. The first-order chi connectivity index (χ1) is 13.2. The number of ether oxygens (including phenoxy) is 1. The van der Waals surface area contributed by atoms with E-state index in [0.29, 0.717) is 22.5 Å². The Kier molecular flexibility index (Phi) is 7.06. The van der Waals surface area contributed by atoms with Gasteiger partial charge in [-0.1, -0.05) is 11.6 Å². The minimum atomic E-state index is -0.279. The lowest BCUT2D eigenvalue weighted by atomic mass is 10.1. The molecule has 0 spiro atoms. The van der Waals surface area contributed by atoms with Gasteiger partial charge in [0.2, 0.25) is 5.13 Å². The molecule has 0 radical (unpaired) electrons. The van der Waals surface area contributed by atoms with Gasteiger partial charge in [-0.2, -0.15) is 5.10 Å². The van der Waals surface area contributed by atoms with E-state index in [1.807, 2.05) is 17.5 Å². The molecule has 1 saturated heterocycles. The van der Waals surface area contributed by atoms with Crippen LogP contribution < -0.4 is 10.3 Å². The molecule has 0 bridgehead atoms. The molecule has 8 heteroatoms. The van der Waals surface area contributed by atoms with Gasteiger partial charge in [0.1, 0.15) is 0 Å². The Hall–Kier alpha value is -2.12. The fraction of sp³-hybridized carbons (Fsp3) is 0.421. The van der Waals surface area contributed by atoms with Crippen molar-refractivity contribution in [2.45, 2.75) is 32.6 Å². The fourth-order valence-electron chi connectivity index (χ4n) is 2.93. The summed E-state index contributed by atoms with van der Waals surface area (Å²) in [5.74, 6) is -0.279. The molecule has 0 aliphatic carbocycles. The summed E-state index contributed by atoms with van der Waals surface area (Å²) in [7, 11) is 0. The third-order valence-corrected chi connectivity index (χ3v) is 5.37. The molecule has 3 rings (SSSR count). The van der Waals surface area contributed by atoms with Gasteiger partial charge >= 0.3 is 5.97 Å². The zero-order valence-corrected chi connectivity index (χ0v) is 16.9. The van der Waals surface area contributed by atoms with Crippen LogP contribution in [0.3, 0.4) is 0 Å². The van der Waals surface area contributed by atoms with Gasteiger partial charge in [0, 0.05) is 29.7 Å². The molecule has 1 aliphatic rings. The highest BCUT2D eigenvalue weighted by Gasteiger charge is 2.12. The van der Waals surface area contributed by atoms with Gasteiger partial charge in [0.15, 0.2) is 0 Å². The Morgan fingerprint density at radius 2 is 2.22 bits per heavy atom. The van der Waals surface area contributed by atoms with E-state index < -0.39 is 0 Å². The van der Waals surface area contributed by atoms with Gasteiger partial charge in [-0.25, -0.2) is 4.98 Å². The van der Waals surface area contributed by atoms with E-state index in [1.165, 1.54) is 30.6 Å². The summed E-state index contributed by atoms with van der Waals surface area (Å²) in [6.45, 7) is 4.33. The highest BCUT2D eigenvalue weighted by atomic mass is 35.5. The number of carbonyl (C=O) groups is 1. The monoisotopic (exact) mass is 406 g/mol. The third-order valence-electron chi connectivity index (χ3n) is 4.25. The number of aromatic nitrogens is 1. The standard InChI is InChI=1S/C19H23ClN4O2S/c1-2-26-18(25)10-15-13-27-19(22-15)23-21-12-14-6-7-16(11-17(14)20)24-8-4-3-5-9-24/h6-7,11-13H,2-5,8-10H2,1H3,(H,22,23). The molecule has 1 N–H and O–H groups in total. The number of nitrogens with zero attached hydrogens (tertiary/aromatic N) is 3. The SMILES string of the molecule is CCOC(=O)Cc1csc(NN=Cc2ccc(N3CCCCC3)cc2Cl)n1. The first-order valence-electron chi connectivity index (χ1n) is 9.09. The second-order valence-corrected chi connectivity index (χ2v) is 7.51. The number of thiazole rings is 1. The minimum Gasteiger partial charge on any atom is -0.466 e. The van der Waals surface area contributed by atoms with Crippen LogP contribution in [0.15, 0.2) is 28.7 Å². The highest BCUT2D eigenvalue weighted by Crippen LogP contribution is 2.25. The number of nitrogens with one attached hydrogen (secondary N) is 1. The maximum atomic E-state index is 11.5. The van der Waals surface area contributed by atoms with Gasteiger partial charge < -0.3 is 9.64 Å². The van der Waals surface area contributed by atoms with Gasteiger partial charge in [0.25, 0.3) is 0 Å². The van der Waals surface area contributed by atoms with Crippen LogP contribution in [0.4, 0.5) is 10.8 Å². The van der Waals surface area contributed by atoms with E-state index >= 15 is 0 Å². The van der Waals surface area contributed by atoms with Crippen LogP contribution in [0.5, 0.6) is 0 Å². The first kappa shape index (κ1) is 19.6. The van der Waals surface area contributed by atoms with Crippen LogP contribution >= 0.6 is 22.9 Å². The van der Waals surface area contributed by atoms with Crippen molar-refractivity contribution in [2.24, 2.45) is 5.10 Å². The number of benzene rings is 1. The van der Waals surface area contributed by atoms with Crippen LogP contribution in [-0.4, -0.2) is 36.9 Å². The number of hydrogen-bond acceptors (Lipinski definition) is 7. The van der Waals surface area contributed by atoms with Crippen LogP contribution in [0.2, 0.25) is 5.02 Å². The molecule has 1 aromatic carbocycles. The lowest BCUT2D eigenvalue weighted by Gasteiger charge is -2.29. The molecule has 1 aliphatic heterocycles. The van der Waals surface area contributed by atoms with Crippen LogP contribution in [0, 0.1) is 0 Å². The number of anilines is 2. The van der Waals surface area contributed by atoms with Crippen molar-refractivity contribution in [2.75, 3.05) is 30.0 Å². The van der Waals surface area contributed by atoms with E-state index in [-0.39, 0.29) is 12.4 Å². The van der Waals surface area contributed by atoms with E-state index in [9.17, 15) is 4.79 Å². The van der Waals surface area contributed by atoms with Crippen LogP contribution in [-0.2, 0) is 16.0 Å². The number of hydrogen-bond donors (Lipinski definition) is 1. The predicted octanol–water partition coefficient (Wildman–Crippen LogP) is 4.34. The zero-order chi connectivity index (χ0) is 19.1. The molecule has 0 atom stereocenters. The minimum absolute atomic E-state index is 0.166. The number of esters is 1. The number of carbonyl (C=O) groups excluding carboxylic acids is 1. The Bertz CT molecular complexity index is 803. The summed E-state index contributed by atoms with van der Waals surface area (Å²) in [4.78, 5) is 18.2. The lowest BCUT2D eigenvalue weighted by molar-refractivity contribution is -0.142. The molecule has 2 aromatic rings. The zero-order valence-electron chi connectivity index (χ0n) is 15.3. The first-order valence-corrected chi connectivity index (χ1v) is 10.3. The Balaban J connectivity index is 1.56. The average molecular weight is 407 g/mol. The van der Waals surface area contributed by atoms with E-state index in [0.717, 1.165) is 24.3 Å². The largest absolute Gasteiger partial charge is 0.466 e. The number of piperidine rings is 1. The van der Waals surface area contributed by atoms with Crippen molar-refractivity contribution in [1.29, 1.82) is 0 Å². The van der Waals surface area contributed by atoms with Crippen molar-refractivity contribution in [3.63, 3.8) is 0 Å². The Morgan fingerprint density at radius 3 is 2.96 bits per heavy atom. The summed E-state index contributed by atoms with van der Waals surface area (Å²) >= 11 is 7.80. The topological polar surface area (TPSA) is 66.8 Å². The van der Waals surface area contributed by atoms with Crippen LogP contribution in [0.1, 0.15) is 37.4 Å². The molecule has 2 heterocycles. The van der Waals surface area contributed by atoms with Gasteiger partial charge in [-0.05, 0) is 44.4 Å². The smallest absolute Gasteiger partial charge is 0.311 e. The van der Waals surface area contributed by atoms with Crippen LogP contribution in [0.25, 0.3) is 0 Å². The third kappa shape index (κ3) is 5.68. The van der Waals surface area contributed by atoms with Gasteiger partial charge in [-0.15, -0.1) is 11.3 Å². The van der Waals surface area contributed by atoms with Gasteiger partial charge in [0.05, 0.1) is 30.0 Å². The highest BCUT2D eigenvalue weighted by molar-refractivity contribution is 7.13. The molecule has 6 nitrogen and oxygen atoms in total. The Morgan fingerprint density at radius 1 is 1.41 bits per heavy atom. The summed E-state index contributed by atoms with van der Waals surface area (Å²) < 4.78 is 4.92. The molecular weight excluding hydrogens is 384 g/mol.